The van der Waals surface area contributed by atoms with Crippen LogP contribution in [0.4, 0.5) is 5.69 Å². The van der Waals surface area contributed by atoms with Gasteiger partial charge in [0.2, 0.25) is 5.91 Å². The highest BCUT2D eigenvalue weighted by atomic mass is 32.2. The monoisotopic (exact) mass is 343 g/mol. The molecule has 4 nitrogen and oxygen atoms in total. The number of hydrogen-bond donors (Lipinski definition) is 1. The van der Waals surface area contributed by atoms with Crippen molar-refractivity contribution in [3.05, 3.63) is 36.0 Å². The zero-order chi connectivity index (χ0) is 16.7. The van der Waals surface area contributed by atoms with E-state index in [-0.39, 0.29) is 5.91 Å². The van der Waals surface area contributed by atoms with Crippen LogP contribution in [0.2, 0.25) is 0 Å². The van der Waals surface area contributed by atoms with Crippen LogP contribution < -0.4 is 5.32 Å². The van der Waals surface area contributed by atoms with E-state index in [0.29, 0.717) is 6.04 Å². The van der Waals surface area contributed by atoms with Crippen LogP contribution >= 0.6 is 11.8 Å². The lowest BCUT2D eigenvalue weighted by Gasteiger charge is -2.51. The van der Waals surface area contributed by atoms with Gasteiger partial charge in [0.05, 0.1) is 5.88 Å². The van der Waals surface area contributed by atoms with E-state index in [9.17, 15) is 4.79 Å². The highest BCUT2D eigenvalue weighted by molar-refractivity contribution is 8.08. The Kier molecular flexibility index (Phi) is 4.31. The van der Waals surface area contributed by atoms with Gasteiger partial charge in [-0.15, -0.1) is 11.8 Å². The second-order valence-electron chi connectivity index (χ2n) is 7.24. The summed E-state index contributed by atoms with van der Waals surface area (Å²) in [7, 11) is 0. The number of nitrogens with one attached hydrogen (secondary N) is 1. The molecule has 2 bridgehead atoms. The second kappa shape index (κ2) is 6.45. The summed E-state index contributed by atoms with van der Waals surface area (Å²) in [6, 6.07) is 9.58. The number of nitrogens with zero attached hydrogens (tertiary/aromatic N) is 2. The topological polar surface area (TPSA) is 35.6 Å². The number of benzene rings is 1. The van der Waals surface area contributed by atoms with Gasteiger partial charge in [-0.25, -0.2) is 0 Å². The Labute approximate surface area is 148 Å². The summed E-state index contributed by atoms with van der Waals surface area (Å²) in [5, 5.41) is 2.87. The molecule has 128 valence electrons. The smallest absolute Gasteiger partial charge is 0.221 e. The van der Waals surface area contributed by atoms with Gasteiger partial charge in [-0.3, -0.25) is 9.69 Å². The van der Waals surface area contributed by atoms with Gasteiger partial charge in [0.1, 0.15) is 0 Å². The summed E-state index contributed by atoms with van der Waals surface area (Å²) in [5.41, 5.74) is 2.07. The Bertz CT molecular complexity index is 674. The van der Waals surface area contributed by atoms with Crippen molar-refractivity contribution in [1.29, 1.82) is 0 Å². The number of piperidine rings is 3. The molecule has 3 fully saturated rings. The highest BCUT2D eigenvalue weighted by Crippen LogP contribution is 2.41. The van der Waals surface area contributed by atoms with E-state index in [0.717, 1.165) is 23.5 Å². The first-order valence-corrected chi connectivity index (χ1v) is 9.81. The summed E-state index contributed by atoms with van der Waals surface area (Å²) in [5.74, 6) is 1.86. The Morgan fingerprint density at radius 3 is 2.96 bits per heavy atom. The second-order valence-corrected chi connectivity index (χ2v) is 8.23. The van der Waals surface area contributed by atoms with E-state index in [1.54, 1.807) is 6.92 Å². The van der Waals surface area contributed by atoms with Gasteiger partial charge in [0, 0.05) is 42.3 Å². The van der Waals surface area contributed by atoms with Gasteiger partial charge in [-0.1, -0.05) is 12.1 Å². The average Bonchev–Trinajstić information content (AvgIpc) is 3.05. The summed E-state index contributed by atoms with van der Waals surface area (Å²) in [6.07, 6.45) is 5.03. The minimum absolute atomic E-state index is 0.0248. The summed E-state index contributed by atoms with van der Waals surface area (Å²) in [6.45, 7) is 6.41. The number of fused-ring (bicyclic) bond motifs is 3. The van der Waals surface area contributed by atoms with Gasteiger partial charge < -0.3 is 10.2 Å². The third-order valence-electron chi connectivity index (χ3n) is 5.57. The van der Waals surface area contributed by atoms with E-state index < -0.39 is 0 Å². The van der Waals surface area contributed by atoms with Crippen molar-refractivity contribution < 1.29 is 4.79 Å². The third kappa shape index (κ3) is 3.07. The number of carbonyl (C=O) groups is 1. The van der Waals surface area contributed by atoms with Crippen LogP contribution in [0, 0.1) is 5.92 Å². The summed E-state index contributed by atoms with van der Waals surface area (Å²) in [4.78, 5) is 17.8. The molecular weight excluding hydrogens is 318 g/mol. The number of rotatable bonds is 3. The molecule has 0 saturated carbocycles. The van der Waals surface area contributed by atoms with Gasteiger partial charge in [-0.2, -0.15) is 0 Å². The fraction of sp³-hybridized carbons (Fsp3) is 0.526. The lowest BCUT2D eigenvalue weighted by atomic mass is 9.80. The fourth-order valence-electron chi connectivity index (χ4n) is 4.31. The van der Waals surface area contributed by atoms with E-state index in [2.05, 4.69) is 40.4 Å². The molecule has 1 N–H and O–H groups in total. The van der Waals surface area contributed by atoms with Crippen molar-refractivity contribution in [3.8, 4) is 0 Å². The van der Waals surface area contributed by atoms with Crippen molar-refractivity contribution >= 4 is 28.3 Å². The van der Waals surface area contributed by atoms with E-state index in [1.807, 2.05) is 23.9 Å². The Balaban J connectivity index is 1.50. The number of anilines is 1. The lowest BCUT2D eigenvalue weighted by Crippen LogP contribution is -2.58. The Hall–Kier alpha value is -1.46. The van der Waals surface area contributed by atoms with E-state index in [4.69, 9.17) is 0 Å². The molecule has 0 radical (unpaired) electrons. The Morgan fingerprint density at radius 2 is 2.25 bits per heavy atom. The molecule has 4 aliphatic heterocycles. The minimum Gasteiger partial charge on any atom is -0.362 e. The number of carbonyl (C=O) groups excluding carboxylic acids is 1. The number of thioether (sulfide) groups is 1. The van der Waals surface area contributed by atoms with Crippen molar-refractivity contribution in [3.63, 3.8) is 0 Å². The third-order valence-corrected chi connectivity index (χ3v) is 6.65. The first kappa shape index (κ1) is 16.0. The molecule has 0 spiro atoms. The van der Waals surface area contributed by atoms with Gasteiger partial charge in [0.15, 0.2) is 0 Å². The molecule has 3 saturated heterocycles. The molecular formula is C19H25N3OS. The number of hydrogen-bond acceptors (Lipinski definition) is 4. The van der Waals surface area contributed by atoms with Crippen LogP contribution in [0.1, 0.15) is 32.3 Å². The minimum atomic E-state index is -0.0248. The molecule has 0 aliphatic carbocycles. The molecule has 1 aromatic carbocycles. The standard InChI is InChI=1S/C19H25N3OS/c1-13-8-15-6-7-21(13)10-18(15)22-11-19(24-12-22)16-4-3-5-17(9-16)20-14(2)23/h3-5,9,11,13,15,18H,6-8,10,12H2,1-2H3,(H,20,23)/t13?,15?,18-/m0/s1. The highest BCUT2D eigenvalue weighted by Gasteiger charge is 2.41. The normalized spacial score (nSPS) is 31.9. The largest absolute Gasteiger partial charge is 0.362 e. The first-order valence-electron chi connectivity index (χ1n) is 8.82. The van der Waals surface area contributed by atoms with Gasteiger partial charge >= 0.3 is 0 Å². The molecule has 3 unspecified atom stereocenters. The molecule has 5 rings (SSSR count). The molecule has 1 aromatic rings. The van der Waals surface area contributed by atoms with Crippen LogP contribution in [0.25, 0.3) is 4.91 Å². The van der Waals surface area contributed by atoms with E-state index in [1.165, 1.54) is 36.4 Å². The Morgan fingerprint density at radius 1 is 1.38 bits per heavy atom. The van der Waals surface area contributed by atoms with Crippen molar-refractivity contribution in [2.45, 2.75) is 38.8 Å². The first-order chi connectivity index (χ1) is 11.6. The predicted octanol–water partition coefficient (Wildman–Crippen LogP) is 3.43. The quantitative estimate of drug-likeness (QED) is 0.912. The molecule has 0 aromatic heterocycles. The zero-order valence-electron chi connectivity index (χ0n) is 14.4. The van der Waals surface area contributed by atoms with Crippen molar-refractivity contribution in [1.82, 2.24) is 9.80 Å². The van der Waals surface area contributed by atoms with Gasteiger partial charge in [0.25, 0.3) is 0 Å². The van der Waals surface area contributed by atoms with Crippen molar-refractivity contribution in [2.75, 3.05) is 24.3 Å². The maximum Gasteiger partial charge on any atom is 0.221 e. The van der Waals surface area contributed by atoms with Crippen molar-refractivity contribution in [2.24, 2.45) is 5.92 Å². The predicted molar refractivity (Wildman–Crippen MR) is 101 cm³/mol. The van der Waals surface area contributed by atoms with Crippen LogP contribution in [-0.2, 0) is 4.79 Å². The maximum absolute atomic E-state index is 11.3. The summed E-state index contributed by atoms with van der Waals surface area (Å²) < 4.78 is 0. The van der Waals surface area contributed by atoms with Crippen LogP contribution in [0.5, 0.6) is 0 Å². The van der Waals surface area contributed by atoms with Gasteiger partial charge in [-0.05, 0) is 49.9 Å². The number of amides is 1. The average molecular weight is 343 g/mol. The molecule has 4 aliphatic rings. The zero-order valence-corrected chi connectivity index (χ0v) is 15.2. The maximum atomic E-state index is 11.3. The molecule has 4 atom stereocenters. The van der Waals surface area contributed by atoms with Crippen LogP contribution in [-0.4, -0.2) is 46.8 Å². The van der Waals surface area contributed by atoms with E-state index >= 15 is 0 Å². The van der Waals surface area contributed by atoms with Crippen LogP contribution in [0.15, 0.2) is 30.5 Å². The van der Waals surface area contributed by atoms with Crippen LogP contribution in [0.3, 0.4) is 0 Å². The molecule has 5 heteroatoms. The SMILES string of the molecule is CC(=O)Nc1cccc(C2=CN([C@H]3CN4CCC3CC4C)CS2)c1. The molecule has 4 heterocycles. The molecule has 1 amide bonds. The lowest BCUT2D eigenvalue weighted by molar-refractivity contribution is -0.114. The summed E-state index contributed by atoms with van der Waals surface area (Å²) >= 11 is 1.91. The molecule has 24 heavy (non-hydrogen) atoms. The fourth-order valence-corrected chi connectivity index (χ4v) is 5.37.